The molecule has 0 radical (unpaired) electrons. The molecular formula is C23H27ClN2O5S2. The number of carbonyl (C=O) groups excluding carboxylic acids is 2. The predicted octanol–water partition coefficient (Wildman–Crippen LogP) is 4.25. The summed E-state index contributed by atoms with van der Waals surface area (Å²) in [6.07, 6.45) is 4.65. The molecule has 0 bridgehead atoms. The van der Waals surface area contributed by atoms with Gasteiger partial charge in [0, 0.05) is 28.9 Å². The van der Waals surface area contributed by atoms with Crippen molar-refractivity contribution in [3.63, 3.8) is 0 Å². The highest BCUT2D eigenvalue weighted by atomic mass is 35.5. The number of fused-ring (bicyclic) bond motifs is 1. The first-order valence-electron chi connectivity index (χ1n) is 11.0. The summed E-state index contributed by atoms with van der Waals surface area (Å²) in [5.74, 6) is -1.08. The normalized spacial score (nSPS) is 17.4. The number of rotatable bonds is 6. The largest absolute Gasteiger partial charge is 0.465 e. The predicted molar refractivity (Wildman–Crippen MR) is 129 cm³/mol. The number of aryl methyl sites for hydroxylation is 1. The molecule has 1 amide bonds. The number of ether oxygens (including phenoxy) is 1. The van der Waals surface area contributed by atoms with Gasteiger partial charge in [-0.3, -0.25) is 4.79 Å². The van der Waals surface area contributed by atoms with Crippen LogP contribution in [-0.4, -0.2) is 44.8 Å². The van der Waals surface area contributed by atoms with E-state index in [1.165, 1.54) is 22.8 Å². The summed E-state index contributed by atoms with van der Waals surface area (Å²) in [6.45, 7) is 0.547. The van der Waals surface area contributed by atoms with Crippen molar-refractivity contribution in [2.45, 2.75) is 44.3 Å². The molecule has 0 atom stereocenters. The van der Waals surface area contributed by atoms with Crippen LogP contribution in [0.5, 0.6) is 0 Å². The first-order valence-corrected chi connectivity index (χ1v) is 13.9. The molecule has 0 spiro atoms. The van der Waals surface area contributed by atoms with Gasteiger partial charge in [-0.15, -0.1) is 11.3 Å². The first-order chi connectivity index (χ1) is 15.8. The maximum atomic E-state index is 13.0. The van der Waals surface area contributed by atoms with Crippen LogP contribution in [0.25, 0.3) is 0 Å². The number of hydrogen-bond acceptors (Lipinski definition) is 6. The van der Waals surface area contributed by atoms with Gasteiger partial charge in [-0.2, -0.15) is 0 Å². The number of hydrogen-bond donors (Lipinski definition) is 1. The number of piperidine rings is 1. The molecule has 2 aromatic rings. The highest BCUT2D eigenvalue weighted by Crippen LogP contribution is 2.39. The van der Waals surface area contributed by atoms with E-state index >= 15 is 0 Å². The number of halogens is 1. The van der Waals surface area contributed by atoms with Crippen molar-refractivity contribution in [1.29, 1.82) is 0 Å². The first kappa shape index (κ1) is 24.2. The standard InChI is InChI=1S/C23H27ClN2O5S2/c1-31-23(28)20-17-7-3-5-9-19(17)32-22(20)25-21(27)15-10-12-26(13-11-15)33(29,30)14-16-6-2-4-8-18(16)24/h2,4,6,8,15H,3,5,7,9-14H2,1H3,(H,25,27). The van der Waals surface area contributed by atoms with Crippen LogP contribution in [0, 0.1) is 5.92 Å². The Labute approximate surface area is 203 Å². The van der Waals surface area contributed by atoms with Gasteiger partial charge in [-0.25, -0.2) is 17.5 Å². The fourth-order valence-corrected chi connectivity index (χ4v) is 7.64. The molecule has 0 unspecified atom stereocenters. The Balaban J connectivity index is 1.41. The van der Waals surface area contributed by atoms with E-state index in [1.54, 1.807) is 24.3 Å². The molecule has 10 heteroatoms. The third kappa shape index (κ3) is 5.26. The van der Waals surface area contributed by atoms with Gasteiger partial charge in [0.2, 0.25) is 15.9 Å². The number of thiophene rings is 1. The second-order valence-electron chi connectivity index (χ2n) is 8.42. The van der Waals surface area contributed by atoms with Gasteiger partial charge in [0.15, 0.2) is 0 Å². The summed E-state index contributed by atoms with van der Waals surface area (Å²) in [6, 6.07) is 6.91. The molecule has 178 valence electrons. The minimum atomic E-state index is -3.53. The zero-order chi connectivity index (χ0) is 23.6. The maximum absolute atomic E-state index is 13.0. The molecule has 1 aliphatic heterocycles. The molecular weight excluding hydrogens is 484 g/mol. The van der Waals surface area contributed by atoms with Gasteiger partial charge in [-0.1, -0.05) is 29.8 Å². The van der Waals surface area contributed by atoms with Crippen LogP contribution in [0.3, 0.4) is 0 Å². The fraction of sp³-hybridized carbons (Fsp3) is 0.478. The van der Waals surface area contributed by atoms with Gasteiger partial charge in [0.05, 0.1) is 18.4 Å². The molecule has 1 fully saturated rings. The van der Waals surface area contributed by atoms with Crippen LogP contribution in [0.15, 0.2) is 24.3 Å². The molecule has 2 heterocycles. The number of esters is 1. The summed E-state index contributed by atoms with van der Waals surface area (Å²) in [4.78, 5) is 26.5. The van der Waals surface area contributed by atoms with E-state index in [9.17, 15) is 18.0 Å². The SMILES string of the molecule is COC(=O)c1c(NC(=O)C2CCN(S(=O)(=O)Cc3ccccc3Cl)CC2)sc2c1CCCC2. The highest BCUT2D eigenvalue weighted by Gasteiger charge is 2.33. The monoisotopic (exact) mass is 510 g/mol. The second-order valence-corrected chi connectivity index (χ2v) is 11.9. The number of anilines is 1. The number of sulfonamides is 1. The van der Waals surface area contributed by atoms with Crippen LogP contribution in [-0.2, 0) is 38.1 Å². The molecule has 1 aliphatic carbocycles. The Hall–Kier alpha value is -1.94. The topological polar surface area (TPSA) is 92.8 Å². The van der Waals surface area contributed by atoms with Crippen molar-refractivity contribution in [3.8, 4) is 0 Å². The number of benzene rings is 1. The Morgan fingerprint density at radius 3 is 2.58 bits per heavy atom. The van der Waals surface area contributed by atoms with Crippen LogP contribution in [0.1, 0.15) is 52.0 Å². The molecule has 1 aromatic heterocycles. The maximum Gasteiger partial charge on any atom is 0.341 e. The van der Waals surface area contributed by atoms with Crippen molar-refractivity contribution >= 4 is 49.8 Å². The molecule has 1 saturated heterocycles. The lowest BCUT2D eigenvalue weighted by molar-refractivity contribution is -0.120. The Kier molecular flexibility index (Phi) is 7.43. The van der Waals surface area contributed by atoms with Gasteiger partial charge in [-0.05, 0) is 55.7 Å². The zero-order valence-electron chi connectivity index (χ0n) is 18.4. The van der Waals surface area contributed by atoms with E-state index in [0.717, 1.165) is 36.1 Å². The van der Waals surface area contributed by atoms with Crippen molar-refractivity contribution in [2.75, 3.05) is 25.5 Å². The van der Waals surface area contributed by atoms with E-state index in [0.29, 0.717) is 34.0 Å². The number of carbonyl (C=O) groups is 2. The van der Waals surface area contributed by atoms with Crippen LogP contribution in [0.4, 0.5) is 5.00 Å². The average Bonchev–Trinajstić information content (AvgIpc) is 3.17. The quantitative estimate of drug-likeness (QED) is 0.586. The van der Waals surface area contributed by atoms with Crippen molar-refractivity contribution in [1.82, 2.24) is 4.31 Å². The van der Waals surface area contributed by atoms with E-state index in [-0.39, 0.29) is 30.7 Å². The number of nitrogens with one attached hydrogen (secondary N) is 1. The van der Waals surface area contributed by atoms with Crippen molar-refractivity contribution < 1.29 is 22.7 Å². The molecule has 33 heavy (non-hydrogen) atoms. The lowest BCUT2D eigenvalue weighted by Gasteiger charge is -2.30. The second kappa shape index (κ2) is 10.1. The minimum Gasteiger partial charge on any atom is -0.465 e. The Morgan fingerprint density at radius 2 is 1.88 bits per heavy atom. The van der Waals surface area contributed by atoms with Crippen LogP contribution >= 0.6 is 22.9 Å². The Bertz CT molecular complexity index is 1150. The number of nitrogens with zero attached hydrogens (tertiary/aromatic N) is 1. The van der Waals surface area contributed by atoms with Crippen molar-refractivity contribution in [2.24, 2.45) is 5.92 Å². The van der Waals surface area contributed by atoms with Gasteiger partial charge < -0.3 is 10.1 Å². The fourth-order valence-electron chi connectivity index (χ4n) is 4.49. The summed E-state index contributed by atoms with van der Waals surface area (Å²) < 4.78 is 32.1. The number of methoxy groups -OCH3 is 1. The molecule has 1 N–H and O–H groups in total. The highest BCUT2D eigenvalue weighted by molar-refractivity contribution is 7.88. The molecule has 4 rings (SSSR count). The van der Waals surface area contributed by atoms with Gasteiger partial charge in [0.25, 0.3) is 0 Å². The van der Waals surface area contributed by atoms with E-state index in [1.807, 2.05) is 0 Å². The lowest BCUT2D eigenvalue weighted by atomic mass is 9.95. The third-order valence-electron chi connectivity index (χ3n) is 6.31. The van der Waals surface area contributed by atoms with E-state index in [4.69, 9.17) is 16.3 Å². The van der Waals surface area contributed by atoms with Crippen LogP contribution in [0.2, 0.25) is 5.02 Å². The zero-order valence-corrected chi connectivity index (χ0v) is 20.8. The van der Waals surface area contributed by atoms with Crippen LogP contribution < -0.4 is 5.32 Å². The molecule has 7 nitrogen and oxygen atoms in total. The number of amides is 1. The van der Waals surface area contributed by atoms with Crippen molar-refractivity contribution in [3.05, 3.63) is 50.9 Å². The van der Waals surface area contributed by atoms with Gasteiger partial charge >= 0.3 is 5.97 Å². The average molecular weight is 511 g/mol. The lowest BCUT2D eigenvalue weighted by Crippen LogP contribution is -2.42. The summed E-state index contributed by atoms with van der Waals surface area (Å²) in [7, 11) is -2.19. The summed E-state index contributed by atoms with van der Waals surface area (Å²) in [5, 5.41) is 3.92. The summed E-state index contributed by atoms with van der Waals surface area (Å²) in [5.41, 5.74) is 2.04. The van der Waals surface area contributed by atoms with Gasteiger partial charge in [0.1, 0.15) is 5.00 Å². The molecule has 2 aliphatic rings. The molecule has 0 saturated carbocycles. The molecule has 1 aromatic carbocycles. The summed E-state index contributed by atoms with van der Waals surface area (Å²) >= 11 is 7.58. The smallest absolute Gasteiger partial charge is 0.341 e. The minimum absolute atomic E-state index is 0.160. The van der Waals surface area contributed by atoms with E-state index < -0.39 is 16.0 Å². The van der Waals surface area contributed by atoms with E-state index in [2.05, 4.69) is 5.32 Å². The third-order valence-corrected chi connectivity index (χ3v) is 9.72. The Morgan fingerprint density at radius 1 is 1.18 bits per heavy atom.